The molecule has 2 aromatic rings. The highest BCUT2D eigenvalue weighted by molar-refractivity contribution is 5.76. The van der Waals surface area contributed by atoms with E-state index >= 15 is 0 Å². The van der Waals surface area contributed by atoms with E-state index < -0.39 is 12.1 Å². The molecule has 2 unspecified atom stereocenters. The van der Waals surface area contributed by atoms with Crippen molar-refractivity contribution in [2.45, 2.75) is 122 Å². The smallest absolute Gasteiger partial charge is 0.220 e. The normalized spacial score (nSPS) is 14.0. The van der Waals surface area contributed by atoms with E-state index in [0.29, 0.717) is 49.8 Å². The van der Waals surface area contributed by atoms with Gasteiger partial charge in [0.1, 0.15) is 19.3 Å². The number of aliphatic hydroxyl groups excluding tert-OH is 1. The van der Waals surface area contributed by atoms with Crippen molar-refractivity contribution in [3.63, 3.8) is 0 Å². The van der Waals surface area contributed by atoms with Crippen LogP contribution in [0.25, 0.3) is 0 Å². The van der Waals surface area contributed by atoms with Crippen LogP contribution in [0.4, 0.5) is 0 Å². The van der Waals surface area contributed by atoms with Gasteiger partial charge in [0.05, 0.1) is 6.04 Å². The van der Waals surface area contributed by atoms with Gasteiger partial charge < -0.3 is 25.2 Å². The Labute approximate surface area is 248 Å². The summed E-state index contributed by atoms with van der Waals surface area (Å²) in [6.07, 6.45) is 17.7. The number of carbonyl (C=O) groups excluding carboxylic acids is 1. The summed E-state index contributed by atoms with van der Waals surface area (Å²) in [5.41, 5.74) is 1.87. The highest BCUT2D eigenvalue weighted by atomic mass is 16.6. The molecule has 2 atom stereocenters. The summed E-state index contributed by atoms with van der Waals surface area (Å²) in [7, 11) is 0. The standard InChI is InChI=1S/C35H54N2O4/c1-2-3-4-5-6-7-8-9-10-11-12-13-14-18-21-34(38)37-31(28-36-27-29-19-16-15-17-20-29)35(39)30-22-23-32-33(26-30)41-25-24-40-32/h15-17,19-20,22-23,26,31,35-36,39H,2-14,18,21,24-25,27-28H2,1H3,(H,37,38). The third kappa shape index (κ3) is 13.3. The Morgan fingerprint density at radius 1 is 0.780 bits per heavy atom. The zero-order valence-corrected chi connectivity index (χ0v) is 25.4. The molecule has 6 heteroatoms. The zero-order chi connectivity index (χ0) is 29.0. The SMILES string of the molecule is CCCCCCCCCCCCCCCCC(=O)NC(CNCc1ccccc1)C(O)c1ccc2c(c1)OCCO2. The first kappa shape index (κ1) is 32.9. The summed E-state index contributed by atoms with van der Waals surface area (Å²) in [6.45, 7) is 4.41. The minimum absolute atomic E-state index is 0.00737. The molecular formula is C35H54N2O4. The lowest BCUT2D eigenvalue weighted by Gasteiger charge is -2.26. The van der Waals surface area contributed by atoms with E-state index in [2.05, 4.69) is 29.7 Å². The van der Waals surface area contributed by atoms with Crippen molar-refractivity contribution in [1.29, 1.82) is 0 Å². The zero-order valence-electron chi connectivity index (χ0n) is 25.4. The van der Waals surface area contributed by atoms with E-state index in [1.165, 1.54) is 77.0 Å². The second-order valence-electron chi connectivity index (χ2n) is 11.5. The van der Waals surface area contributed by atoms with Gasteiger partial charge >= 0.3 is 0 Å². The van der Waals surface area contributed by atoms with E-state index in [9.17, 15) is 9.90 Å². The third-order valence-corrected chi connectivity index (χ3v) is 7.93. The van der Waals surface area contributed by atoms with Crippen LogP contribution in [0.1, 0.15) is 120 Å². The molecule has 1 aliphatic heterocycles. The number of benzene rings is 2. The number of unbranched alkanes of at least 4 members (excludes halogenated alkanes) is 13. The lowest BCUT2D eigenvalue weighted by molar-refractivity contribution is -0.122. The van der Waals surface area contributed by atoms with Crippen LogP contribution < -0.4 is 20.1 Å². The second kappa shape index (κ2) is 20.3. The molecule has 0 bridgehead atoms. The quantitative estimate of drug-likeness (QED) is 0.128. The lowest BCUT2D eigenvalue weighted by atomic mass is 10.0. The molecule has 0 radical (unpaired) electrons. The first-order valence-electron chi connectivity index (χ1n) is 16.3. The topological polar surface area (TPSA) is 79.8 Å². The van der Waals surface area contributed by atoms with Gasteiger partial charge in [-0.15, -0.1) is 0 Å². The maximum Gasteiger partial charge on any atom is 0.220 e. The van der Waals surface area contributed by atoms with Gasteiger partial charge in [0.2, 0.25) is 5.91 Å². The fraction of sp³-hybridized carbons (Fsp3) is 0.629. The molecule has 0 fully saturated rings. The minimum Gasteiger partial charge on any atom is -0.486 e. The van der Waals surface area contributed by atoms with Crippen molar-refractivity contribution in [3.05, 3.63) is 59.7 Å². The van der Waals surface area contributed by atoms with Gasteiger partial charge in [-0.2, -0.15) is 0 Å². The van der Waals surface area contributed by atoms with Crippen LogP contribution in [-0.2, 0) is 11.3 Å². The second-order valence-corrected chi connectivity index (χ2v) is 11.5. The van der Waals surface area contributed by atoms with Crippen molar-refractivity contribution in [2.24, 2.45) is 0 Å². The first-order valence-corrected chi connectivity index (χ1v) is 16.3. The van der Waals surface area contributed by atoms with Crippen LogP contribution in [0, 0.1) is 0 Å². The predicted octanol–water partition coefficient (Wildman–Crippen LogP) is 7.64. The molecule has 1 amide bonds. The number of nitrogens with one attached hydrogen (secondary N) is 2. The summed E-state index contributed by atoms with van der Waals surface area (Å²) in [4.78, 5) is 12.9. The number of carbonyl (C=O) groups is 1. The van der Waals surface area contributed by atoms with Gasteiger partial charge in [0, 0.05) is 19.5 Å². The monoisotopic (exact) mass is 566 g/mol. The Balaban J connectivity index is 1.35. The molecule has 3 N–H and O–H groups in total. The maximum absolute atomic E-state index is 12.9. The number of amides is 1. The first-order chi connectivity index (χ1) is 20.2. The molecular weight excluding hydrogens is 512 g/mol. The van der Waals surface area contributed by atoms with Gasteiger partial charge in [0.25, 0.3) is 0 Å². The minimum atomic E-state index is -0.866. The maximum atomic E-state index is 12.9. The Morgan fingerprint density at radius 2 is 1.37 bits per heavy atom. The van der Waals surface area contributed by atoms with Crippen LogP contribution in [0.2, 0.25) is 0 Å². The highest BCUT2D eigenvalue weighted by Gasteiger charge is 2.24. The average molecular weight is 567 g/mol. The Bertz CT molecular complexity index is 968. The molecule has 228 valence electrons. The highest BCUT2D eigenvalue weighted by Crippen LogP contribution is 2.33. The van der Waals surface area contributed by atoms with Gasteiger partial charge in [-0.25, -0.2) is 0 Å². The van der Waals surface area contributed by atoms with Gasteiger partial charge in [-0.05, 0) is 29.7 Å². The van der Waals surface area contributed by atoms with Crippen molar-refractivity contribution in [2.75, 3.05) is 19.8 Å². The van der Waals surface area contributed by atoms with Crippen LogP contribution >= 0.6 is 0 Å². The molecule has 41 heavy (non-hydrogen) atoms. The Morgan fingerprint density at radius 3 is 2.00 bits per heavy atom. The lowest BCUT2D eigenvalue weighted by Crippen LogP contribution is -2.45. The van der Waals surface area contributed by atoms with Crippen molar-refractivity contribution < 1.29 is 19.4 Å². The molecule has 0 spiro atoms. The van der Waals surface area contributed by atoms with E-state index in [1.807, 2.05) is 36.4 Å². The largest absolute Gasteiger partial charge is 0.486 e. The van der Waals surface area contributed by atoms with E-state index in [1.54, 1.807) is 0 Å². The van der Waals surface area contributed by atoms with Gasteiger partial charge in [-0.1, -0.05) is 127 Å². The number of aliphatic hydroxyl groups is 1. The fourth-order valence-corrected chi connectivity index (χ4v) is 5.44. The molecule has 3 rings (SSSR count). The number of fused-ring (bicyclic) bond motifs is 1. The Hall–Kier alpha value is -2.57. The molecule has 1 heterocycles. The fourth-order valence-electron chi connectivity index (χ4n) is 5.44. The van der Waals surface area contributed by atoms with Gasteiger partial charge in [0.15, 0.2) is 11.5 Å². The predicted molar refractivity (Wildman–Crippen MR) is 167 cm³/mol. The van der Waals surface area contributed by atoms with Crippen molar-refractivity contribution in [1.82, 2.24) is 10.6 Å². The average Bonchev–Trinajstić information content (AvgIpc) is 3.00. The number of hydrogen-bond acceptors (Lipinski definition) is 5. The van der Waals surface area contributed by atoms with Crippen molar-refractivity contribution >= 4 is 5.91 Å². The summed E-state index contributed by atoms with van der Waals surface area (Å²) < 4.78 is 11.3. The number of ether oxygens (including phenoxy) is 2. The van der Waals surface area contributed by atoms with Crippen LogP contribution in [0.5, 0.6) is 11.5 Å². The van der Waals surface area contributed by atoms with E-state index in [4.69, 9.17) is 9.47 Å². The van der Waals surface area contributed by atoms with Crippen LogP contribution in [-0.4, -0.2) is 36.8 Å². The number of rotatable bonds is 22. The Kier molecular flexibility index (Phi) is 16.3. The van der Waals surface area contributed by atoms with Crippen LogP contribution in [0.3, 0.4) is 0 Å². The summed E-state index contributed by atoms with van der Waals surface area (Å²) in [6, 6.07) is 15.2. The molecule has 1 aliphatic rings. The molecule has 0 aromatic heterocycles. The molecule has 0 aliphatic carbocycles. The summed E-state index contributed by atoms with van der Waals surface area (Å²) in [5, 5.41) is 17.8. The molecule has 0 saturated carbocycles. The van der Waals surface area contributed by atoms with E-state index in [0.717, 1.165) is 18.4 Å². The third-order valence-electron chi connectivity index (χ3n) is 7.93. The number of hydrogen-bond donors (Lipinski definition) is 3. The molecule has 0 saturated heterocycles. The van der Waals surface area contributed by atoms with E-state index in [-0.39, 0.29) is 5.91 Å². The summed E-state index contributed by atoms with van der Waals surface area (Å²) >= 11 is 0. The van der Waals surface area contributed by atoms with Crippen LogP contribution in [0.15, 0.2) is 48.5 Å². The van der Waals surface area contributed by atoms with Gasteiger partial charge in [-0.3, -0.25) is 4.79 Å². The van der Waals surface area contributed by atoms with Crippen molar-refractivity contribution in [3.8, 4) is 11.5 Å². The molecule has 2 aromatic carbocycles. The summed E-state index contributed by atoms with van der Waals surface area (Å²) in [5.74, 6) is 1.32. The molecule has 6 nitrogen and oxygen atoms in total.